The van der Waals surface area contributed by atoms with Crippen molar-refractivity contribution >= 4 is 20.1 Å². The lowest BCUT2D eigenvalue weighted by Gasteiger charge is -2.38. The van der Waals surface area contributed by atoms with Gasteiger partial charge in [-0.2, -0.15) is 0 Å². The summed E-state index contributed by atoms with van der Waals surface area (Å²) in [4.78, 5) is 29.8. The van der Waals surface area contributed by atoms with Gasteiger partial charge in [0.1, 0.15) is 0 Å². The first-order chi connectivity index (χ1) is 27.0. The van der Waals surface area contributed by atoms with E-state index in [1.54, 1.807) is 0 Å². The summed E-state index contributed by atoms with van der Waals surface area (Å²) in [5, 5.41) is 7.05. The molecule has 0 rings (SSSR count). The van der Waals surface area contributed by atoms with Gasteiger partial charge in [0.2, 0.25) is 11.2 Å². The number of hydrogen-bond acceptors (Lipinski definition) is 5. The molecule has 2 unspecified atom stereocenters. The second-order valence-corrected chi connectivity index (χ2v) is 18.2. The minimum atomic E-state index is -2.81. The molecule has 0 aliphatic carbocycles. The van der Waals surface area contributed by atoms with Gasteiger partial charge in [0.05, 0.1) is 0 Å². The molecule has 0 saturated carbocycles. The van der Waals surface area contributed by atoms with E-state index in [4.69, 9.17) is 9.05 Å². The van der Waals surface area contributed by atoms with E-state index in [0.717, 1.165) is 141 Å². The molecule has 0 saturated heterocycles. The maximum Gasteiger partial charge on any atom is 0.699 e. The van der Waals surface area contributed by atoms with Crippen LogP contribution in [-0.2, 0) is 23.2 Å². The van der Waals surface area contributed by atoms with E-state index < -0.39 is 19.5 Å². The van der Waals surface area contributed by atoms with Crippen molar-refractivity contribution in [2.45, 2.75) is 297 Å². The van der Waals surface area contributed by atoms with Gasteiger partial charge in [-0.05, 0) is 77.0 Å². The van der Waals surface area contributed by atoms with Crippen LogP contribution in [0.1, 0.15) is 275 Å². The highest BCUT2D eigenvalue weighted by Gasteiger charge is 2.55. The number of amides is 2. The minimum Gasteiger partial charge on any atom is -0.348 e. The van der Waals surface area contributed by atoms with Crippen molar-refractivity contribution in [3.05, 3.63) is 0 Å². The van der Waals surface area contributed by atoms with Crippen molar-refractivity contribution in [1.29, 1.82) is 0 Å². The molecular weight excluding hydrogens is 716 g/mol. The Morgan fingerprint density at radius 2 is 0.625 bits per heavy atom. The lowest BCUT2D eigenvalue weighted by molar-refractivity contribution is -0.146. The summed E-state index contributed by atoms with van der Waals surface area (Å²) in [6.07, 6.45) is 30.0. The summed E-state index contributed by atoms with van der Waals surface area (Å²) in [6, 6.07) is 0. The Morgan fingerprint density at radius 1 is 0.375 bits per heavy atom. The van der Waals surface area contributed by atoms with E-state index in [9.17, 15) is 14.2 Å². The fourth-order valence-electron chi connectivity index (χ4n) is 8.40. The van der Waals surface area contributed by atoms with E-state index in [-0.39, 0.29) is 22.9 Å². The van der Waals surface area contributed by atoms with Crippen LogP contribution in [0.4, 0.5) is 0 Å². The Kier molecular flexibility index (Phi) is 32.2. The van der Waals surface area contributed by atoms with Gasteiger partial charge in [-0.3, -0.25) is 9.59 Å². The Hall–Kier alpha value is -1.04. The molecule has 0 bridgehead atoms. The maximum atomic E-state index is 14.9. The molecule has 0 aromatic carbocycles. The molecule has 2 N–H and O–H groups in total. The van der Waals surface area contributed by atoms with Crippen LogP contribution in [-0.4, -0.2) is 34.1 Å². The van der Waals surface area contributed by atoms with Gasteiger partial charge in [0, 0.05) is 15.6 Å². The first-order valence-corrected chi connectivity index (χ1v) is 25.6. The number of carbonyl (C=O) groups excluding carboxylic acids is 2. The number of nitrogens with one attached hydrogen (secondary N) is 2. The summed E-state index contributed by atoms with van der Waals surface area (Å²) < 4.78 is 28.1. The van der Waals surface area contributed by atoms with Crippen LogP contribution in [0.15, 0.2) is 0 Å². The van der Waals surface area contributed by atoms with Crippen LogP contribution in [0, 0.1) is 0 Å². The van der Waals surface area contributed by atoms with Gasteiger partial charge in [0.15, 0.2) is 0 Å². The minimum absolute atomic E-state index is 0.155. The van der Waals surface area contributed by atoms with Crippen LogP contribution < -0.4 is 10.6 Å². The zero-order valence-electron chi connectivity index (χ0n) is 39.1. The Morgan fingerprint density at radius 3 is 0.929 bits per heavy atom. The van der Waals surface area contributed by atoms with E-state index in [2.05, 4.69) is 79.9 Å². The Balaban J connectivity index is 7.05. The molecule has 0 aliphatic heterocycles. The number of hydrogen-bond donors (Lipinski definition) is 2. The van der Waals surface area contributed by atoms with E-state index in [1.807, 2.05) is 0 Å². The maximum absolute atomic E-state index is 14.9. The molecule has 56 heavy (non-hydrogen) atoms. The van der Waals surface area contributed by atoms with Crippen LogP contribution in [0.2, 0.25) is 0 Å². The van der Waals surface area contributed by atoms with Gasteiger partial charge >= 0.3 is 8.25 Å². The van der Waals surface area contributed by atoms with Crippen molar-refractivity contribution in [3.8, 4) is 0 Å². The van der Waals surface area contributed by atoms with Crippen molar-refractivity contribution in [2.24, 2.45) is 0 Å². The zero-order chi connectivity index (χ0) is 42.2. The highest BCUT2D eigenvalue weighted by molar-refractivity contribution is 7.33. The highest BCUT2D eigenvalue weighted by Crippen LogP contribution is 2.45. The van der Waals surface area contributed by atoms with Gasteiger partial charge in [-0.25, -0.2) is 0 Å². The molecular formula is C48H96N2O5P+. The first-order valence-electron chi connectivity index (χ1n) is 24.5. The Bertz CT molecular complexity index is 924. The molecule has 0 radical (unpaired) electrons. The molecule has 0 aliphatic rings. The normalized spacial score (nSPS) is 14.6. The molecule has 7 nitrogen and oxygen atoms in total. The quantitative estimate of drug-likeness (QED) is 0.0475. The predicted molar refractivity (Wildman–Crippen MR) is 241 cm³/mol. The van der Waals surface area contributed by atoms with Crippen molar-refractivity contribution in [2.75, 3.05) is 0 Å². The molecule has 0 aromatic rings. The van der Waals surface area contributed by atoms with E-state index in [1.165, 1.54) is 38.5 Å². The average molecular weight is 812 g/mol. The number of rotatable bonds is 40. The first kappa shape index (κ1) is 55.0. The average Bonchev–Trinajstić information content (AvgIpc) is 3.20. The third-order valence-corrected chi connectivity index (χ3v) is 14.0. The highest BCUT2D eigenvalue weighted by atomic mass is 31.1. The second-order valence-electron chi connectivity index (χ2n) is 17.4. The lowest BCUT2D eigenvalue weighted by atomic mass is 9.83. The van der Waals surface area contributed by atoms with E-state index >= 15 is 0 Å². The number of carbonyl (C=O) groups is 2. The van der Waals surface area contributed by atoms with Crippen molar-refractivity contribution < 1.29 is 23.2 Å². The summed E-state index contributed by atoms with van der Waals surface area (Å²) in [5.74, 6) is -0.309. The molecule has 2 amide bonds. The molecule has 0 spiro atoms. The van der Waals surface area contributed by atoms with Crippen molar-refractivity contribution in [3.63, 3.8) is 0 Å². The zero-order valence-corrected chi connectivity index (χ0v) is 40.0. The van der Waals surface area contributed by atoms with Gasteiger partial charge < -0.3 is 10.6 Å². The molecule has 332 valence electrons. The molecule has 0 fully saturated rings. The SMILES string of the molecule is CCCCCCCCC(CCCC)(O[P+](=O)OC(CCCC)(CCCCCCCC)C(=O)NC(CC)(CC)CCCCC)C(=O)NC(CC)(CC)CCCCC. The topological polar surface area (TPSA) is 93.7 Å². The number of unbranched alkanes of at least 4 members (excludes halogenated alkanes) is 16. The predicted octanol–water partition coefficient (Wildman–Crippen LogP) is 15.5. The summed E-state index contributed by atoms with van der Waals surface area (Å²) >= 11 is 0. The van der Waals surface area contributed by atoms with Crippen LogP contribution in [0.3, 0.4) is 0 Å². The standard InChI is InChI=1S/C48H95N2O5P/c1-11-21-27-29-31-35-41-47(39-25-15-5,43(51)49-45(17-7,18-8)37-33-23-13-3)54-56(53)55-48(40-26-16-6,42-36-32-30-28-22-12-2)44(52)50-46(19-9,20-10)38-34-24-14-4/h11-42H2,1-10H3,(H-,49,50,51,52)/p+1. The van der Waals surface area contributed by atoms with Crippen LogP contribution >= 0.6 is 8.25 Å². The monoisotopic (exact) mass is 812 g/mol. The second kappa shape index (κ2) is 32.8. The lowest BCUT2D eigenvalue weighted by Crippen LogP contribution is -2.58. The van der Waals surface area contributed by atoms with E-state index in [0.29, 0.717) is 25.7 Å². The third kappa shape index (κ3) is 20.8. The Labute approximate surface area is 349 Å². The third-order valence-electron chi connectivity index (χ3n) is 13.0. The van der Waals surface area contributed by atoms with Gasteiger partial charge in [-0.15, -0.1) is 9.05 Å². The molecule has 0 heterocycles. The largest absolute Gasteiger partial charge is 0.699 e. The summed E-state index contributed by atoms with van der Waals surface area (Å²) in [5.41, 5.74) is -3.27. The summed E-state index contributed by atoms with van der Waals surface area (Å²) in [6.45, 7) is 21.8. The fraction of sp³-hybridized carbons (Fsp3) is 0.958. The van der Waals surface area contributed by atoms with Gasteiger partial charge in [-0.1, -0.05) is 198 Å². The molecule has 0 aromatic heterocycles. The smallest absolute Gasteiger partial charge is 0.348 e. The van der Waals surface area contributed by atoms with Gasteiger partial charge in [0.25, 0.3) is 11.8 Å². The van der Waals surface area contributed by atoms with Crippen molar-refractivity contribution in [1.82, 2.24) is 10.6 Å². The molecule has 2 atom stereocenters. The summed E-state index contributed by atoms with van der Waals surface area (Å²) in [7, 11) is -2.81. The van der Waals surface area contributed by atoms with Crippen LogP contribution in [0.5, 0.6) is 0 Å². The molecule has 8 heteroatoms. The fourth-order valence-corrected chi connectivity index (χ4v) is 9.54. The van der Waals surface area contributed by atoms with Crippen LogP contribution in [0.25, 0.3) is 0 Å².